The predicted molar refractivity (Wildman–Crippen MR) is 27.1 cm³/mol. The molecule has 5 heavy (non-hydrogen) atoms. The topological polar surface area (TPSA) is 3.24 Å². The first-order chi connectivity index (χ1) is 2.27. The molecule has 0 bridgehead atoms. The minimum atomic E-state index is 1.17. The highest BCUT2D eigenvalue weighted by molar-refractivity contribution is 6.08. The highest BCUT2D eigenvalue weighted by Crippen LogP contribution is 1.58. The molecule has 0 amide bonds. The molecule has 0 atom stereocenters. The summed E-state index contributed by atoms with van der Waals surface area (Å²) in [5.41, 5.74) is 0. The fourth-order valence-electron chi connectivity index (χ4n) is 0. The minimum absolute atomic E-state index is 1.17. The average Bonchev–Trinajstić information content (AvgIpc) is 1.38. The summed E-state index contributed by atoms with van der Waals surface area (Å²) in [5.74, 6) is 0. The summed E-state index contributed by atoms with van der Waals surface area (Å²) in [5, 5.41) is 0. The highest BCUT2D eigenvalue weighted by atomic mass is 28.1. The van der Waals surface area contributed by atoms with Crippen LogP contribution in [-0.2, 0) is 0 Å². The van der Waals surface area contributed by atoms with Crippen LogP contribution < -0.4 is 0 Å². The van der Waals surface area contributed by atoms with Gasteiger partial charge in [-0.15, -0.1) is 0 Å². The van der Waals surface area contributed by atoms with Gasteiger partial charge in [-0.1, -0.05) is 0 Å². The van der Waals surface area contributed by atoms with Gasteiger partial charge in [0.15, 0.2) is 0 Å². The molecule has 1 radical (unpaired) electrons. The maximum atomic E-state index is 2.14. The van der Waals surface area contributed by atoms with E-state index in [2.05, 4.69) is 19.0 Å². The van der Waals surface area contributed by atoms with Crippen LogP contribution in [0.15, 0.2) is 0 Å². The first kappa shape index (κ1) is 5.18. The summed E-state index contributed by atoms with van der Waals surface area (Å²) in [7, 11) is 6.08. The van der Waals surface area contributed by atoms with E-state index in [1.165, 1.54) is 6.17 Å². The zero-order valence-electron chi connectivity index (χ0n) is 3.86. The summed E-state index contributed by atoms with van der Waals surface area (Å²) in [6, 6.07) is 0. The second-order valence-electron chi connectivity index (χ2n) is 1.30. The molecule has 31 valence electrons. The normalized spacial score (nSPS) is 9.60. The van der Waals surface area contributed by atoms with Crippen LogP contribution in [0.1, 0.15) is 0 Å². The Labute approximate surface area is 36.4 Å². The van der Waals surface area contributed by atoms with Gasteiger partial charge >= 0.3 is 0 Å². The quantitative estimate of drug-likeness (QED) is 0.377. The Hall–Kier alpha value is 0.177. The second-order valence-corrected chi connectivity index (χ2v) is 1.75. The van der Waals surface area contributed by atoms with Crippen LogP contribution in [0.25, 0.3) is 0 Å². The summed E-state index contributed by atoms with van der Waals surface area (Å²) in [6.07, 6.45) is 1.17. The summed E-state index contributed by atoms with van der Waals surface area (Å²) in [6.45, 7) is 0. The van der Waals surface area contributed by atoms with Gasteiger partial charge in [-0.05, 0) is 20.3 Å². The van der Waals surface area contributed by atoms with Crippen LogP contribution in [0.2, 0.25) is 0 Å². The molecule has 0 aliphatic heterocycles. The number of nitrogens with zero attached hydrogens (tertiary/aromatic N) is 1. The van der Waals surface area contributed by atoms with E-state index in [0.29, 0.717) is 0 Å². The van der Waals surface area contributed by atoms with Gasteiger partial charge in [-0.25, -0.2) is 0 Å². The fraction of sp³-hybridized carbons (Fsp3) is 1.00. The van der Waals surface area contributed by atoms with E-state index >= 15 is 0 Å². The monoisotopic (exact) mass is 88.1 g/mol. The molecular formula is C3H10NSi. The molecule has 1 nitrogen and oxygen atoms in total. The van der Waals surface area contributed by atoms with E-state index in [1.54, 1.807) is 0 Å². The van der Waals surface area contributed by atoms with E-state index in [1.807, 2.05) is 10.2 Å². The summed E-state index contributed by atoms with van der Waals surface area (Å²) < 4.78 is 0. The lowest BCUT2D eigenvalue weighted by molar-refractivity contribution is 0.480. The van der Waals surface area contributed by atoms with Crippen molar-refractivity contribution in [3.8, 4) is 0 Å². The lowest BCUT2D eigenvalue weighted by Crippen LogP contribution is -2.11. The molecule has 0 fully saturated rings. The lowest BCUT2D eigenvalue weighted by atomic mass is 11.0. The highest BCUT2D eigenvalue weighted by Gasteiger charge is 1.72. The van der Waals surface area contributed by atoms with Gasteiger partial charge in [0.05, 0.1) is 0 Å². The Balaban J connectivity index is 2.54. The average molecular weight is 88.2 g/mol. The number of hydrogen-bond donors (Lipinski definition) is 0. The molecule has 0 saturated heterocycles. The van der Waals surface area contributed by atoms with E-state index in [-0.39, 0.29) is 0 Å². The van der Waals surface area contributed by atoms with Crippen LogP contribution in [0.5, 0.6) is 0 Å². The molecule has 0 aromatic rings. The van der Waals surface area contributed by atoms with Crippen LogP contribution in [0.4, 0.5) is 0 Å². The van der Waals surface area contributed by atoms with Gasteiger partial charge in [0.25, 0.3) is 0 Å². The van der Waals surface area contributed by atoms with Crippen molar-refractivity contribution in [1.29, 1.82) is 0 Å². The summed E-state index contributed by atoms with van der Waals surface area (Å²) in [4.78, 5) is 2.14. The van der Waals surface area contributed by atoms with Gasteiger partial charge in [0.2, 0.25) is 0 Å². The molecule has 0 rings (SSSR count). The van der Waals surface area contributed by atoms with Crippen molar-refractivity contribution in [2.45, 2.75) is 0 Å². The van der Waals surface area contributed by atoms with E-state index < -0.39 is 0 Å². The van der Waals surface area contributed by atoms with Crippen molar-refractivity contribution in [1.82, 2.24) is 4.90 Å². The lowest BCUT2D eigenvalue weighted by Gasteiger charge is -2.00. The van der Waals surface area contributed by atoms with Gasteiger partial charge in [0, 0.05) is 10.2 Å². The largest absolute Gasteiger partial charge is 0.313 e. The maximum Gasteiger partial charge on any atom is 0.0267 e. The molecule has 0 aromatic carbocycles. The Bertz CT molecular complexity index is 20.9. The van der Waals surface area contributed by atoms with Crippen LogP contribution in [0.3, 0.4) is 0 Å². The fourth-order valence-corrected chi connectivity index (χ4v) is 0. The molecule has 0 aromatic heterocycles. The number of hydrogen-bond acceptors (Lipinski definition) is 1. The van der Waals surface area contributed by atoms with E-state index in [9.17, 15) is 0 Å². The van der Waals surface area contributed by atoms with Crippen LogP contribution in [0, 0.1) is 0 Å². The van der Waals surface area contributed by atoms with Crippen molar-refractivity contribution in [3.63, 3.8) is 0 Å². The van der Waals surface area contributed by atoms with Crippen molar-refractivity contribution >= 4 is 10.2 Å². The van der Waals surface area contributed by atoms with Crippen LogP contribution in [-0.4, -0.2) is 35.4 Å². The molecule has 0 aliphatic carbocycles. The first-order valence-corrected chi connectivity index (χ1v) is 2.71. The molecule has 0 unspecified atom stereocenters. The number of rotatable bonds is 1. The predicted octanol–water partition coefficient (Wildman–Crippen LogP) is -0.861. The van der Waals surface area contributed by atoms with Gasteiger partial charge in [0.1, 0.15) is 0 Å². The zero-order valence-corrected chi connectivity index (χ0v) is 5.28. The Morgan fingerprint density at radius 3 is 1.80 bits per heavy atom. The van der Waals surface area contributed by atoms with Crippen LogP contribution >= 0.6 is 0 Å². The first-order valence-electron chi connectivity index (χ1n) is 1.71. The second kappa shape index (κ2) is 2.42. The Kier molecular flexibility index (Phi) is 2.50. The standard InChI is InChI=1S/C3H10NSi/c1-4(2)3-5/h3,5H2,1-2H3. The molecule has 0 spiro atoms. The third-order valence-corrected chi connectivity index (χ3v) is 1.34. The Morgan fingerprint density at radius 1 is 1.60 bits per heavy atom. The summed E-state index contributed by atoms with van der Waals surface area (Å²) >= 11 is 0. The molecule has 0 heterocycles. The van der Waals surface area contributed by atoms with Gasteiger partial charge in [-0.3, -0.25) is 0 Å². The minimum Gasteiger partial charge on any atom is -0.313 e. The molecule has 2 heteroatoms. The van der Waals surface area contributed by atoms with Gasteiger partial charge < -0.3 is 4.90 Å². The molecule has 0 saturated carbocycles. The van der Waals surface area contributed by atoms with Crippen molar-refractivity contribution < 1.29 is 0 Å². The third kappa shape index (κ3) is 4.18. The van der Waals surface area contributed by atoms with Gasteiger partial charge in [-0.2, -0.15) is 0 Å². The molecular weight excluding hydrogens is 78.1 g/mol. The van der Waals surface area contributed by atoms with Crippen molar-refractivity contribution in [2.24, 2.45) is 0 Å². The van der Waals surface area contributed by atoms with Crippen molar-refractivity contribution in [2.75, 3.05) is 20.3 Å². The van der Waals surface area contributed by atoms with Crippen molar-refractivity contribution in [3.05, 3.63) is 0 Å². The van der Waals surface area contributed by atoms with E-state index in [0.717, 1.165) is 0 Å². The Morgan fingerprint density at radius 2 is 1.80 bits per heavy atom. The smallest absolute Gasteiger partial charge is 0.0267 e. The molecule has 0 aliphatic rings. The SMILES string of the molecule is CN(C)C[SiH2]. The zero-order chi connectivity index (χ0) is 4.28. The maximum absolute atomic E-state index is 2.14. The molecule has 0 N–H and O–H groups in total. The third-order valence-electron chi connectivity index (χ3n) is 0.447. The van der Waals surface area contributed by atoms with E-state index in [4.69, 9.17) is 0 Å².